The van der Waals surface area contributed by atoms with Gasteiger partial charge in [0.1, 0.15) is 11.8 Å². The molecule has 0 aliphatic carbocycles. The zero-order valence-electron chi connectivity index (χ0n) is 11.7. The van der Waals surface area contributed by atoms with E-state index in [0.29, 0.717) is 12.5 Å². The third kappa shape index (κ3) is 2.79. The third-order valence-corrected chi connectivity index (χ3v) is 3.46. The summed E-state index contributed by atoms with van der Waals surface area (Å²) in [5.74, 6) is 1.29. The predicted octanol–water partition coefficient (Wildman–Crippen LogP) is 1.70. The quantitative estimate of drug-likeness (QED) is 0.925. The van der Waals surface area contributed by atoms with E-state index >= 15 is 0 Å². The van der Waals surface area contributed by atoms with Crippen LogP contribution in [0.3, 0.4) is 0 Å². The molecule has 1 aromatic carbocycles. The topological polar surface area (TPSA) is 67.3 Å². The summed E-state index contributed by atoms with van der Waals surface area (Å²) in [6, 6.07) is 8.93. The summed E-state index contributed by atoms with van der Waals surface area (Å²) in [4.78, 5) is 22.4. The minimum Gasteiger partial charge on any atom is -0.497 e. The van der Waals surface area contributed by atoms with Gasteiger partial charge >= 0.3 is 0 Å². The monoisotopic (exact) mass is 284 g/mol. The summed E-state index contributed by atoms with van der Waals surface area (Å²) in [7, 11) is 1.62. The number of hydrogen-bond acceptors (Lipinski definition) is 5. The Balaban J connectivity index is 1.71. The molecule has 2 heterocycles. The number of rotatable bonds is 4. The molecule has 0 spiro atoms. The molecule has 1 aliphatic rings. The number of ether oxygens (including phenoxy) is 1. The summed E-state index contributed by atoms with van der Waals surface area (Å²) < 4.78 is 5.13. The van der Waals surface area contributed by atoms with Crippen LogP contribution in [0, 0.1) is 0 Å². The number of carbonyl (C=O) groups is 1. The lowest BCUT2D eigenvalue weighted by Gasteiger charge is -2.17. The second-order valence-electron chi connectivity index (χ2n) is 4.75. The molecule has 1 N–H and O–H groups in total. The number of aromatic nitrogens is 2. The molecule has 0 bridgehead atoms. The Labute approximate surface area is 122 Å². The van der Waals surface area contributed by atoms with Crippen molar-refractivity contribution >= 4 is 17.5 Å². The maximum atomic E-state index is 12.4. The molecule has 1 aromatic heterocycles. The smallest absolute Gasteiger partial charge is 0.249 e. The zero-order valence-corrected chi connectivity index (χ0v) is 11.7. The molecule has 6 nitrogen and oxygen atoms in total. The Bertz CT molecular complexity index is 615. The third-order valence-electron chi connectivity index (χ3n) is 3.46. The minimum atomic E-state index is -0.283. The van der Waals surface area contributed by atoms with Crippen LogP contribution in [0.4, 0.5) is 11.6 Å². The largest absolute Gasteiger partial charge is 0.497 e. The lowest BCUT2D eigenvalue weighted by Crippen LogP contribution is -2.33. The van der Waals surface area contributed by atoms with Gasteiger partial charge in [-0.25, -0.2) is 9.97 Å². The summed E-state index contributed by atoms with van der Waals surface area (Å²) >= 11 is 0. The highest BCUT2D eigenvalue weighted by molar-refractivity contribution is 6.00. The number of hydrogen-bond donors (Lipinski definition) is 1. The molecule has 6 heteroatoms. The van der Waals surface area contributed by atoms with Crippen LogP contribution in [-0.2, 0) is 4.79 Å². The highest BCUT2D eigenvalue weighted by Gasteiger charge is 2.32. The number of methoxy groups -OCH3 is 1. The van der Waals surface area contributed by atoms with Gasteiger partial charge in [0.15, 0.2) is 0 Å². The summed E-state index contributed by atoms with van der Waals surface area (Å²) in [6.07, 6.45) is 4.02. The molecule has 0 radical (unpaired) electrons. The highest BCUT2D eigenvalue weighted by atomic mass is 16.5. The fraction of sp³-hybridized carbons (Fsp3) is 0.267. The molecule has 2 aromatic rings. The molecule has 1 atom stereocenters. The van der Waals surface area contributed by atoms with Gasteiger partial charge in [-0.05, 0) is 36.8 Å². The van der Waals surface area contributed by atoms with Gasteiger partial charge in [-0.2, -0.15) is 0 Å². The van der Waals surface area contributed by atoms with Crippen LogP contribution in [0.2, 0.25) is 0 Å². The molecule has 1 saturated heterocycles. The summed E-state index contributed by atoms with van der Waals surface area (Å²) in [6.45, 7) is 0.676. The Morgan fingerprint density at radius 3 is 2.62 bits per heavy atom. The number of carbonyl (C=O) groups excluding carboxylic acids is 1. The second kappa shape index (κ2) is 5.78. The average molecular weight is 284 g/mol. The van der Waals surface area contributed by atoms with Gasteiger partial charge in [-0.3, -0.25) is 4.79 Å². The van der Waals surface area contributed by atoms with Crippen molar-refractivity contribution in [2.24, 2.45) is 0 Å². The van der Waals surface area contributed by atoms with Crippen molar-refractivity contribution in [3.63, 3.8) is 0 Å². The van der Waals surface area contributed by atoms with Gasteiger partial charge in [0.25, 0.3) is 0 Å². The first-order valence-corrected chi connectivity index (χ1v) is 6.77. The van der Waals surface area contributed by atoms with E-state index in [2.05, 4.69) is 15.3 Å². The Morgan fingerprint density at radius 2 is 1.95 bits per heavy atom. The molecule has 1 aliphatic heterocycles. The Morgan fingerprint density at radius 1 is 1.24 bits per heavy atom. The molecule has 3 rings (SSSR count). The van der Waals surface area contributed by atoms with Crippen LogP contribution in [0.1, 0.15) is 6.42 Å². The summed E-state index contributed by atoms with van der Waals surface area (Å²) in [5, 5.41) is 3.07. The van der Waals surface area contributed by atoms with Crippen LogP contribution in [-0.4, -0.2) is 35.6 Å². The molecular weight excluding hydrogens is 268 g/mol. The van der Waals surface area contributed by atoms with Gasteiger partial charge in [-0.1, -0.05) is 0 Å². The molecule has 1 unspecified atom stereocenters. The maximum Gasteiger partial charge on any atom is 0.249 e. The van der Waals surface area contributed by atoms with E-state index in [1.807, 2.05) is 24.3 Å². The van der Waals surface area contributed by atoms with E-state index in [-0.39, 0.29) is 11.9 Å². The minimum absolute atomic E-state index is 0.0348. The number of benzene rings is 1. The van der Waals surface area contributed by atoms with E-state index in [1.165, 1.54) is 0 Å². The lowest BCUT2D eigenvalue weighted by atomic mass is 10.2. The fourth-order valence-electron chi connectivity index (χ4n) is 2.36. The first-order valence-electron chi connectivity index (χ1n) is 6.77. The normalized spacial score (nSPS) is 17.9. The number of anilines is 2. The van der Waals surface area contributed by atoms with Crippen LogP contribution in [0.15, 0.2) is 42.7 Å². The Kier molecular flexibility index (Phi) is 3.68. The van der Waals surface area contributed by atoms with Crippen LogP contribution in [0.25, 0.3) is 0 Å². The van der Waals surface area contributed by atoms with Crippen molar-refractivity contribution in [3.8, 4) is 5.75 Å². The van der Waals surface area contributed by atoms with Crippen molar-refractivity contribution < 1.29 is 9.53 Å². The molecule has 1 fully saturated rings. The number of nitrogens with one attached hydrogen (secondary N) is 1. The first kappa shape index (κ1) is 13.4. The van der Waals surface area contributed by atoms with Gasteiger partial charge in [0, 0.05) is 24.6 Å². The van der Waals surface area contributed by atoms with Crippen molar-refractivity contribution in [2.75, 3.05) is 23.9 Å². The predicted molar refractivity (Wildman–Crippen MR) is 79.4 cm³/mol. The molecule has 0 saturated carbocycles. The standard InChI is InChI=1S/C15H16N4O2/c1-21-12-5-3-11(4-6-12)19-10-7-13(14(19)20)18-15-16-8-2-9-17-15/h2-6,8-9,13H,7,10H2,1H3,(H,16,17,18). The molecule has 1 amide bonds. The van der Waals surface area contributed by atoms with Crippen molar-refractivity contribution in [2.45, 2.75) is 12.5 Å². The fourth-order valence-corrected chi connectivity index (χ4v) is 2.36. The first-order chi connectivity index (χ1) is 10.3. The highest BCUT2D eigenvalue weighted by Crippen LogP contribution is 2.25. The SMILES string of the molecule is COc1ccc(N2CCC(Nc3ncccn3)C2=O)cc1. The van der Waals surface area contributed by atoms with Crippen molar-refractivity contribution in [1.29, 1.82) is 0 Å². The summed E-state index contributed by atoms with van der Waals surface area (Å²) in [5.41, 5.74) is 0.874. The van der Waals surface area contributed by atoms with Gasteiger partial charge < -0.3 is 15.0 Å². The van der Waals surface area contributed by atoms with E-state index in [1.54, 1.807) is 30.5 Å². The average Bonchev–Trinajstić information content (AvgIpc) is 2.89. The van der Waals surface area contributed by atoms with Crippen LogP contribution in [0.5, 0.6) is 5.75 Å². The second-order valence-corrected chi connectivity index (χ2v) is 4.75. The molecule has 21 heavy (non-hydrogen) atoms. The van der Waals surface area contributed by atoms with Crippen molar-refractivity contribution in [1.82, 2.24) is 9.97 Å². The maximum absolute atomic E-state index is 12.4. The van der Waals surface area contributed by atoms with Crippen molar-refractivity contribution in [3.05, 3.63) is 42.7 Å². The lowest BCUT2D eigenvalue weighted by molar-refractivity contribution is -0.117. The van der Waals surface area contributed by atoms with Crippen LogP contribution >= 0.6 is 0 Å². The van der Waals surface area contributed by atoms with Crippen LogP contribution < -0.4 is 15.0 Å². The van der Waals surface area contributed by atoms with E-state index in [4.69, 9.17) is 4.74 Å². The number of nitrogens with zero attached hydrogens (tertiary/aromatic N) is 3. The zero-order chi connectivity index (χ0) is 14.7. The Hall–Kier alpha value is -2.63. The van der Waals surface area contributed by atoms with Gasteiger partial charge in [0.05, 0.1) is 7.11 Å². The molecular formula is C15H16N4O2. The van der Waals surface area contributed by atoms with E-state index in [0.717, 1.165) is 17.9 Å². The number of amides is 1. The van der Waals surface area contributed by atoms with E-state index < -0.39 is 0 Å². The van der Waals surface area contributed by atoms with E-state index in [9.17, 15) is 4.79 Å². The van der Waals surface area contributed by atoms with Gasteiger partial charge in [-0.15, -0.1) is 0 Å². The molecule has 108 valence electrons. The van der Waals surface area contributed by atoms with Gasteiger partial charge in [0.2, 0.25) is 11.9 Å².